The molecule has 1 saturated heterocycles. The molecule has 1 saturated carbocycles. The van der Waals surface area contributed by atoms with E-state index in [0.29, 0.717) is 6.10 Å². The van der Waals surface area contributed by atoms with Crippen molar-refractivity contribution in [2.75, 3.05) is 26.3 Å². The van der Waals surface area contributed by atoms with Crippen LogP contribution in [0.3, 0.4) is 0 Å². The standard InChI is InChI=1S/C16H31NO2/c1-3-5-14-6-8-16(9-7-14,13-17-10-4-2)19-15-11-18-12-15/h14-15,17H,3-13H2,1-2H3. The maximum atomic E-state index is 6.40. The van der Waals surface area contributed by atoms with E-state index < -0.39 is 0 Å². The molecule has 1 aliphatic carbocycles. The Hall–Kier alpha value is -0.120. The smallest absolute Gasteiger partial charge is 0.105 e. The third kappa shape index (κ3) is 4.44. The number of hydrogen-bond acceptors (Lipinski definition) is 3. The minimum atomic E-state index is 0.0911. The Morgan fingerprint density at radius 1 is 1.16 bits per heavy atom. The fourth-order valence-electron chi connectivity index (χ4n) is 3.37. The molecule has 0 amide bonds. The molecule has 2 fully saturated rings. The Morgan fingerprint density at radius 3 is 2.42 bits per heavy atom. The second kappa shape index (κ2) is 7.61. The van der Waals surface area contributed by atoms with Crippen LogP contribution in [-0.2, 0) is 9.47 Å². The Labute approximate surface area is 118 Å². The van der Waals surface area contributed by atoms with Crippen LogP contribution in [0.1, 0.15) is 58.8 Å². The molecule has 19 heavy (non-hydrogen) atoms. The van der Waals surface area contributed by atoms with Gasteiger partial charge in [0.15, 0.2) is 0 Å². The molecule has 0 spiro atoms. The summed E-state index contributed by atoms with van der Waals surface area (Å²) in [6.07, 6.45) is 9.40. The van der Waals surface area contributed by atoms with Gasteiger partial charge in [0.2, 0.25) is 0 Å². The van der Waals surface area contributed by atoms with Gasteiger partial charge in [-0.05, 0) is 44.6 Å². The molecule has 1 heterocycles. The summed E-state index contributed by atoms with van der Waals surface area (Å²) >= 11 is 0. The van der Waals surface area contributed by atoms with Gasteiger partial charge in [-0.15, -0.1) is 0 Å². The van der Waals surface area contributed by atoms with E-state index in [4.69, 9.17) is 9.47 Å². The number of ether oxygens (including phenoxy) is 2. The van der Waals surface area contributed by atoms with E-state index in [1.165, 1.54) is 44.9 Å². The van der Waals surface area contributed by atoms with Gasteiger partial charge < -0.3 is 14.8 Å². The topological polar surface area (TPSA) is 30.5 Å². The zero-order valence-electron chi connectivity index (χ0n) is 12.7. The number of rotatable bonds is 8. The lowest BCUT2D eigenvalue weighted by Crippen LogP contribution is -2.52. The van der Waals surface area contributed by atoms with E-state index in [-0.39, 0.29) is 5.60 Å². The summed E-state index contributed by atoms with van der Waals surface area (Å²) in [6.45, 7) is 8.24. The predicted octanol–water partition coefficient (Wildman–Crippen LogP) is 3.13. The molecule has 112 valence electrons. The van der Waals surface area contributed by atoms with Crippen LogP contribution in [0.2, 0.25) is 0 Å². The molecule has 0 aromatic rings. The molecule has 3 nitrogen and oxygen atoms in total. The summed E-state index contributed by atoms with van der Waals surface area (Å²) in [4.78, 5) is 0. The van der Waals surface area contributed by atoms with Gasteiger partial charge >= 0.3 is 0 Å². The first kappa shape index (κ1) is 15.3. The van der Waals surface area contributed by atoms with Crippen LogP contribution in [0.25, 0.3) is 0 Å². The van der Waals surface area contributed by atoms with E-state index in [1.54, 1.807) is 0 Å². The van der Waals surface area contributed by atoms with Crippen LogP contribution in [-0.4, -0.2) is 38.0 Å². The summed E-state index contributed by atoms with van der Waals surface area (Å²) in [6, 6.07) is 0. The van der Waals surface area contributed by atoms with Gasteiger partial charge in [0.25, 0.3) is 0 Å². The van der Waals surface area contributed by atoms with Gasteiger partial charge in [0, 0.05) is 6.54 Å². The minimum absolute atomic E-state index is 0.0911. The number of nitrogens with one attached hydrogen (secondary N) is 1. The second-order valence-electron chi connectivity index (χ2n) is 6.37. The molecule has 2 rings (SSSR count). The first-order valence-electron chi connectivity index (χ1n) is 8.24. The summed E-state index contributed by atoms with van der Waals surface area (Å²) in [5, 5.41) is 3.58. The van der Waals surface area contributed by atoms with Gasteiger partial charge in [0.05, 0.1) is 18.8 Å². The summed E-state index contributed by atoms with van der Waals surface area (Å²) < 4.78 is 11.7. The molecule has 0 aromatic heterocycles. The highest BCUT2D eigenvalue weighted by Crippen LogP contribution is 2.38. The van der Waals surface area contributed by atoms with Crippen LogP contribution in [0.15, 0.2) is 0 Å². The van der Waals surface area contributed by atoms with Gasteiger partial charge in [-0.2, -0.15) is 0 Å². The van der Waals surface area contributed by atoms with E-state index >= 15 is 0 Å². The van der Waals surface area contributed by atoms with Crippen LogP contribution >= 0.6 is 0 Å². The van der Waals surface area contributed by atoms with Crippen molar-refractivity contribution in [3.63, 3.8) is 0 Å². The predicted molar refractivity (Wildman–Crippen MR) is 78.4 cm³/mol. The van der Waals surface area contributed by atoms with Crippen molar-refractivity contribution in [1.82, 2.24) is 5.32 Å². The zero-order chi connectivity index (χ0) is 13.6. The van der Waals surface area contributed by atoms with E-state index in [1.807, 2.05) is 0 Å². The summed E-state index contributed by atoms with van der Waals surface area (Å²) in [7, 11) is 0. The molecule has 0 atom stereocenters. The third-order valence-electron chi connectivity index (χ3n) is 4.61. The lowest BCUT2D eigenvalue weighted by Gasteiger charge is -2.44. The minimum Gasteiger partial charge on any atom is -0.376 e. The van der Waals surface area contributed by atoms with Crippen molar-refractivity contribution in [3.8, 4) is 0 Å². The highest BCUT2D eigenvalue weighted by atomic mass is 16.6. The van der Waals surface area contributed by atoms with Gasteiger partial charge in [-0.1, -0.05) is 26.7 Å². The highest BCUT2D eigenvalue weighted by molar-refractivity contribution is 4.91. The van der Waals surface area contributed by atoms with E-state index in [9.17, 15) is 0 Å². The van der Waals surface area contributed by atoms with Crippen molar-refractivity contribution >= 4 is 0 Å². The first-order chi connectivity index (χ1) is 9.28. The average Bonchev–Trinajstić information content (AvgIpc) is 2.38. The molecule has 2 aliphatic rings. The van der Waals surface area contributed by atoms with Crippen LogP contribution in [0.5, 0.6) is 0 Å². The van der Waals surface area contributed by atoms with Crippen LogP contribution in [0, 0.1) is 5.92 Å². The summed E-state index contributed by atoms with van der Waals surface area (Å²) in [5.41, 5.74) is 0.0911. The Morgan fingerprint density at radius 2 is 1.89 bits per heavy atom. The highest BCUT2D eigenvalue weighted by Gasteiger charge is 2.39. The van der Waals surface area contributed by atoms with E-state index in [2.05, 4.69) is 19.2 Å². The molecule has 0 radical (unpaired) electrons. The van der Waals surface area contributed by atoms with Crippen molar-refractivity contribution < 1.29 is 9.47 Å². The van der Waals surface area contributed by atoms with Crippen molar-refractivity contribution in [2.24, 2.45) is 5.92 Å². The molecular weight excluding hydrogens is 238 g/mol. The molecule has 0 aromatic carbocycles. The first-order valence-corrected chi connectivity index (χ1v) is 8.24. The maximum absolute atomic E-state index is 6.40. The van der Waals surface area contributed by atoms with Crippen LogP contribution < -0.4 is 5.32 Å². The molecule has 0 unspecified atom stereocenters. The van der Waals surface area contributed by atoms with Crippen molar-refractivity contribution in [2.45, 2.75) is 70.5 Å². The van der Waals surface area contributed by atoms with E-state index in [0.717, 1.165) is 32.2 Å². The fourth-order valence-corrected chi connectivity index (χ4v) is 3.37. The second-order valence-corrected chi connectivity index (χ2v) is 6.37. The Balaban J connectivity index is 1.83. The fraction of sp³-hybridized carbons (Fsp3) is 1.00. The maximum Gasteiger partial charge on any atom is 0.105 e. The molecule has 3 heteroatoms. The third-order valence-corrected chi connectivity index (χ3v) is 4.61. The Kier molecular flexibility index (Phi) is 6.11. The largest absolute Gasteiger partial charge is 0.376 e. The van der Waals surface area contributed by atoms with Gasteiger partial charge in [-0.3, -0.25) is 0 Å². The van der Waals surface area contributed by atoms with Crippen molar-refractivity contribution in [3.05, 3.63) is 0 Å². The molecule has 0 bridgehead atoms. The zero-order valence-corrected chi connectivity index (χ0v) is 12.7. The normalized spacial score (nSPS) is 32.2. The van der Waals surface area contributed by atoms with Crippen molar-refractivity contribution in [1.29, 1.82) is 0 Å². The lowest BCUT2D eigenvalue weighted by atomic mass is 9.77. The quantitative estimate of drug-likeness (QED) is 0.687. The van der Waals surface area contributed by atoms with Gasteiger partial charge in [0.1, 0.15) is 6.10 Å². The Bertz CT molecular complexity index is 245. The number of hydrogen-bond donors (Lipinski definition) is 1. The molecular formula is C16H31NO2. The molecule has 1 aliphatic heterocycles. The van der Waals surface area contributed by atoms with Crippen LogP contribution in [0.4, 0.5) is 0 Å². The monoisotopic (exact) mass is 269 g/mol. The average molecular weight is 269 g/mol. The molecule has 1 N–H and O–H groups in total. The van der Waals surface area contributed by atoms with Gasteiger partial charge in [-0.25, -0.2) is 0 Å². The summed E-state index contributed by atoms with van der Waals surface area (Å²) in [5.74, 6) is 0.936. The lowest BCUT2D eigenvalue weighted by molar-refractivity contribution is -0.202. The SMILES string of the molecule is CCCNCC1(OC2COC2)CCC(CCC)CC1.